The molecule has 1 N–H and O–H groups in total. The first-order valence-electron chi connectivity index (χ1n) is 5.28. The van der Waals surface area contributed by atoms with Gasteiger partial charge in [0.05, 0.1) is 6.61 Å². The maximum atomic E-state index is 11.4. The zero-order valence-corrected chi connectivity index (χ0v) is 9.69. The first kappa shape index (κ1) is 12.5. The molecule has 0 heterocycles. The lowest BCUT2D eigenvalue weighted by atomic mass is 10.1. The van der Waals surface area contributed by atoms with Crippen LogP contribution in [0.3, 0.4) is 0 Å². The van der Waals surface area contributed by atoms with Crippen LogP contribution in [0.1, 0.15) is 12.5 Å². The second-order valence-corrected chi connectivity index (χ2v) is 3.39. The van der Waals surface area contributed by atoms with Crippen molar-refractivity contribution in [3.63, 3.8) is 0 Å². The minimum absolute atomic E-state index is 0.104. The molecule has 0 unspecified atom stereocenters. The molecule has 0 aliphatic carbocycles. The van der Waals surface area contributed by atoms with Crippen molar-refractivity contribution in [2.75, 3.05) is 19.0 Å². The lowest BCUT2D eigenvalue weighted by molar-refractivity contribution is -0.111. The van der Waals surface area contributed by atoms with Crippen molar-refractivity contribution in [3.8, 4) is 0 Å². The number of benzene rings is 1. The Morgan fingerprint density at radius 2 is 2.19 bits per heavy atom. The number of rotatable bonds is 5. The summed E-state index contributed by atoms with van der Waals surface area (Å²) in [6, 6.07) is 7.74. The lowest BCUT2D eigenvalue weighted by Crippen LogP contribution is -2.10. The van der Waals surface area contributed by atoms with Crippen LogP contribution < -0.4 is 5.32 Å². The van der Waals surface area contributed by atoms with E-state index >= 15 is 0 Å². The van der Waals surface area contributed by atoms with Crippen molar-refractivity contribution in [3.05, 3.63) is 42.0 Å². The molecule has 0 bridgehead atoms. The Kier molecular flexibility index (Phi) is 5.29. The van der Waals surface area contributed by atoms with Crippen LogP contribution in [0.25, 0.3) is 0 Å². The fourth-order valence-electron chi connectivity index (χ4n) is 1.40. The normalized spacial score (nSPS) is 10.6. The number of ether oxygens (including phenoxy) is 1. The number of para-hydroxylation sites is 1. The molecule has 3 nitrogen and oxygen atoms in total. The third-order valence-electron chi connectivity index (χ3n) is 2.17. The van der Waals surface area contributed by atoms with Gasteiger partial charge in [-0.1, -0.05) is 24.3 Å². The molecule has 86 valence electrons. The van der Waals surface area contributed by atoms with E-state index in [0.717, 1.165) is 17.7 Å². The Morgan fingerprint density at radius 3 is 2.88 bits per heavy atom. The molecule has 1 aromatic rings. The highest BCUT2D eigenvalue weighted by atomic mass is 16.5. The number of hydrogen-bond donors (Lipinski definition) is 1. The van der Waals surface area contributed by atoms with Crippen LogP contribution in [0.5, 0.6) is 0 Å². The van der Waals surface area contributed by atoms with E-state index in [1.165, 1.54) is 6.08 Å². The fourth-order valence-corrected chi connectivity index (χ4v) is 1.40. The maximum Gasteiger partial charge on any atom is 0.248 e. The monoisotopic (exact) mass is 219 g/mol. The minimum atomic E-state index is -0.104. The predicted molar refractivity (Wildman–Crippen MR) is 65.5 cm³/mol. The van der Waals surface area contributed by atoms with E-state index in [-0.39, 0.29) is 5.91 Å². The summed E-state index contributed by atoms with van der Waals surface area (Å²) in [5.41, 5.74) is 1.94. The standard InChI is InChI=1S/C13H17NO2/c1-3-6-13(15)14-12-8-5-4-7-11(12)9-10-16-2/h3-8H,9-10H2,1-2H3,(H,14,15)/b6-3+. The average molecular weight is 219 g/mol. The van der Waals surface area contributed by atoms with Crippen molar-refractivity contribution >= 4 is 11.6 Å². The van der Waals surface area contributed by atoms with Gasteiger partial charge in [-0.15, -0.1) is 0 Å². The predicted octanol–water partition coefficient (Wildman–Crippen LogP) is 2.39. The molecule has 1 aromatic carbocycles. The highest BCUT2D eigenvalue weighted by molar-refractivity contribution is 5.99. The van der Waals surface area contributed by atoms with Gasteiger partial charge in [0.25, 0.3) is 0 Å². The Hall–Kier alpha value is -1.61. The molecule has 3 heteroatoms. The van der Waals surface area contributed by atoms with Crippen molar-refractivity contribution < 1.29 is 9.53 Å². The Labute approximate surface area is 96.1 Å². The van der Waals surface area contributed by atoms with Gasteiger partial charge in [0, 0.05) is 12.8 Å². The number of nitrogens with one attached hydrogen (secondary N) is 1. The highest BCUT2D eigenvalue weighted by Gasteiger charge is 2.03. The molecular formula is C13H17NO2. The van der Waals surface area contributed by atoms with Gasteiger partial charge in [0.2, 0.25) is 5.91 Å². The summed E-state index contributed by atoms with van der Waals surface area (Å²) in [6.07, 6.45) is 4.02. The molecule has 16 heavy (non-hydrogen) atoms. The number of allylic oxidation sites excluding steroid dienone is 1. The topological polar surface area (TPSA) is 38.3 Å². The molecule has 0 aliphatic heterocycles. The Balaban J connectivity index is 2.74. The number of carbonyl (C=O) groups is 1. The Bertz CT molecular complexity index is 372. The Morgan fingerprint density at radius 1 is 1.44 bits per heavy atom. The fraction of sp³-hybridized carbons (Fsp3) is 0.308. The summed E-state index contributed by atoms with van der Waals surface area (Å²) in [4.78, 5) is 11.4. The zero-order valence-electron chi connectivity index (χ0n) is 9.69. The number of anilines is 1. The third kappa shape index (κ3) is 3.87. The minimum Gasteiger partial charge on any atom is -0.384 e. The number of amides is 1. The maximum absolute atomic E-state index is 11.4. The summed E-state index contributed by atoms with van der Waals surface area (Å²) in [5, 5.41) is 2.84. The first-order chi connectivity index (χ1) is 7.77. The average Bonchev–Trinajstić information content (AvgIpc) is 2.28. The van der Waals surface area contributed by atoms with Gasteiger partial charge >= 0.3 is 0 Å². The summed E-state index contributed by atoms with van der Waals surface area (Å²) < 4.78 is 5.03. The van der Waals surface area contributed by atoms with E-state index in [2.05, 4.69) is 5.32 Å². The van der Waals surface area contributed by atoms with Crippen LogP contribution >= 0.6 is 0 Å². The van der Waals surface area contributed by atoms with E-state index in [1.54, 1.807) is 13.2 Å². The van der Waals surface area contributed by atoms with E-state index < -0.39 is 0 Å². The summed E-state index contributed by atoms with van der Waals surface area (Å²) in [5.74, 6) is -0.104. The van der Waals surface area contributed by atoms with Gasteiger partial charge in [0.15, 0.2) is 0 Å². The third-order valence-corrected chi connectivity index (χ3v) is 2.17. The lowest BCUT2D eigenvalue weighted by Gasteiger charge is -2.09. The van der Waals surface area contributed by atoms with Gasteiger partial charge in [-0.3, -0.25) is 4.79 Å². The van der Waals surface area contributed by atoms with Crippen molar-refractivity contribution in [2.45, 2.75) is 13.3 Å². The van der Waals surface area contributed by atoms with Gasteiger partial charge in [-0.25, -0.2) is 0 Å². The van der Waals surface area contributed by atoms with E-state index in [1.807, 2.05) is 31.2 Å². The van der Waals surface area contributed by atoms with E-state index in [9.17, 15) is 4.79 Å². The quantitative estimate of drug-likeness (QED) is 0.772. The summed E-state index contributed by atoms with van der Waals surface area (Å²) in [7, 11) is 1.67. The SMILES string of the molecule is C/C=C/C(=O)Nc1ccccc1CCOC. The number of carbonyl (C=O) groups excluding carboxylic acids is 1. The number of methoxy groups -OCH3 is 1. The molecule has 0 radical (unpaired) electrons. The number of hydrogen-bond acceptors (Lipinski definition) is 2. The second kappa shape index (κ2) is 6.80. The molecule has 0 atom stereocenters. The van der Waals surface area contributed by atoms with Crippen molar-refractivity contribution in [2.24, 2.45) is 0 Å². The van der Waals surface area contributed by atoms with Gasteiger partial charge in [-0.2, -0.15) is 0 Å². The molecule has 1 rings (SSSR count). The molecule has 0 fully saturated rings. The van der Waals surface area contributed by atoms with Crippen molar-refractivity contribution in [1.29, 1.82) is 0 Å². The molecule has 0 saturated carbocycles. The molecule has 1 amide bonds. The van der Waals surface area contributed by atoms with Crippen LogP contribution in [0, 0.1) is 0 Å². The van der Waals surface area contributed by atoms with Crippen LogP contribution in [-0.4, -0.2) is 19.6 Å². The molecule has 0 aliphatic rings. The highest BCUT2D eigenvalue weighted by Crippen LogP contribution is 2.15. The second-order valence-electron chi connectivity index (χ2n) is 3.39. The van der Waals surface area contributed by atoms with Crippen molar-refractivity contribution in [1.82, 2.24) is 0 Å². The van der Waals surface area contributed by atoms with Crippen LogP contribution in [0.2, 0.25) is 0 Å². The molecular weight excluding hydrogens is 202 g/mol. The molecule has 0 aromatic heterocycles. The smallest absolute Gasteiger partial charge is 0.248 e. The van der Waals surface area contributed by atoms with E-state index in [4.69, 9.17) is 4.74 Å². The van der Waals surface area contributed by atoms with Crippen LogP contribution in [-0.2, 0) is 16.0 Å². The largest absolute Gasteiger partial charge is 0.384 e. The van der Waals surface area contributed by atoms with E-state index in [0.29, 0.717) is 6.61 Å². The first-order valence-corrected chi connectivity index (χ1v) is 5.28. The summed E-state index contributed by atoms with van der Waals surface area (Å²) >= 11 is 0. The molecule has 0 saturated heterocycles. The van der Waals surface area contributed by atoms with Gasteiger partial charge in [0.1, 0.15) is 0 Å². The van der Waals surface area contributed by atoms with Gasteiger partial charge < -0.3 is 10.1 Å². The zero-order chi connectivity index (χ0) is 11.8. The van der Waals surface area contributed by atoms with Gasteiger partial charge in [-0.05, 0) is 31.1 Å². The molecule has 0 spiro atoms. The summed E-state index contributed by atoms with van der Waals surface area (Å²) in [6.45, 7) is 2.47. The van der Waals surface area contributed by atoms with Crippen LogP contribution in [0.15, 0.2) is 36.4 Å². The van der Waals surface area contributed by atoms with Crippen LogP contribution in [0.4, 0.5) is 5.69 Å².